The molecule has 13 heavy (non-hydrogen) atoms. The first kappa shape index (κ1) is 9.99. The van der Waals surface area contributed by atoms with Crippen molar-refractivity contribution in [1.29, 1.82) is 0 Å². The summed E-state index contributed by atoms with van der Waals surface area (Å²) in [5.41, 5.74) is 0.802. The summed E-state index contributed by atoms with van der Waals surface area (Å²) in [6.45, 7) is 3.36. The minimum Gasteiger partial charge on any atom is -0.345 e. The molecular formula is C10H16N2O. The van der Waals surface area contributed by atoms with Crippen LogP contribution in [-0.2, 0) is 6.54 Å². The van der Waals surface area contributed by atoms with Crippen LogP contribution in [0.5, 0.6) is 0 Å². The molecule has 1 aromatic rings. The van der Waals surface area contributed by atoms with Gasteiger partial charge in [-0.3, -0.25) is 4.79 Å². The zero-order chi connectivity index (χ0) is 9.84. The van der Waals surface area contributed by atoms with Gasteiger partial charge in [0.1, 0.15) is 0 Å². The summed E-state index contributed by atoms with van der Waals surface area (Å²) in [5.74, 6) is 0.178. The predicted molar refractivity (Wildman–Crippen MR) is 53.0 cm³/mol. The van der Waals surface area contributed by atoms with E-state index in [1.807, 2.05) is 48.8 Å². The summed E-state index contributed by atoms with van der Waals surface area (Å²) in [5, 5.41) is 0. The van der Waals surface area contributed by atoms with E-state index in [-0.39, 0.29) is 5.78 Å². The highest BCUT2D eigenvalue weighted by Gasteiger charge is 2.09. The molecule has 0 radical (unpaired) electrons. The molecule has 0 amide bonds. The lowest BCUT2D eigenvalue weighted by Crippen LogP contribution is -2.23. The molecule has 0 fully saturated rings. The second-order valence-electron chi connectivity index (χ2n) is 3.34. The van der Waals surface area contributed by atoms with E-state index in [1.54, 1.807) is 0 Å². The lowest BCUT2D eigenvalue weighted by molar-refractivity contribution is 0.0949. The number of Topliss-reactive ketones (excluding diaryl/α,β-unsaturated/α-hetero) is 1. The number of ketones is 1. The monoisotopic (exact) mass is 180 g/mol. The molecule has 0 aromatic carbocycles. The molecule has 1 rings (SSSR count). The van der Waals surface area contributed by atoms with Crippen LogP contribution in [0.2, 0.25) is 0 Å². The largest absolute Gasteiger partial charge is 0.345 e. The fraction of sp³-hybridized carbons (Fsp3) is 0.500. The first-order valence-corrected chi connectivity index (χ1v) is 4.48. The molecule has 3 nitrogen and oxygen atoms in total. The number of hydrogen-bond acceptors (Lipinski definition) is 2. The third kappa shape index (κ3) is 2.42. The molecule has 1 aromatic heterocycles. The highest BCUT2D eigenvalue weighted by atomic mass is 16.1. The number of aryl methyl sites for hydroxylation is 1. The van der Waals surface area contributed by atoms with Crippen LogP contribution in [-0.4, -0.2) is 35.9 Å². The van der Waals surface area contributed by atoms with Gasteiger partial charge in [-0.2, -0.15) is 0 Å². The number of nitrogens with zero attached hydrogens (tertiary/aromatic N) is 2. The van der Waals surface area contributed by atoms with E-state index in [9.17, 15) is 4.79 Å². The van der Waals surface area contributed by atoms with E-state index < -0.39 is 0 Å². The predicted octanol–water partition coefficient (Wildman–Crippen LogP) is 1.25. The van der Waals surface area contributed by atoms with Crippen molar-refractivity contribution in [3.63, 3.8) is 0 Å². The van der Waals surface area contributed by atoms with Gasteiger partial charge in [0, 0.05) is 12.7 Å². The highest BCUT2D eigenvalue weighted by Crippen LogP contribution is 2.03. The summed E-state index contributed by atoms with van der Waals surface area (Å²) in [7, 11) is 3.80. The molecule has 0 aliphatic rings. The Labute approximate surface area is 79.0 Å². The zero-order valence-corrected chi connectivity index (χ0v) is 8.45. The highest BCUT2D eigenvalue weighted by molar-refractivity contribution is 5.96. The number of carbonyl (C=O) groups excluding carboxylic acids is 1. The van der Waals surface area contributed by atoms with Crippen molar-refractivity contribution in [2.75, 3.05) is 20.6 Å². The Morgan fingerprint density at radius 3 is 2.77 bits per heavy atom. The molecule has 3 heteroatoms. The van der Waals surface area contributed by atoms with Gasteiger partial charge >= 0.3 is 0 Å². The summed E-state index contributed by atoms with van der Waals surface area (Å²) in [6, 6.07) is 3.78. The topological polar surface area (TPSA) is 25.2 Å². The molecule has 0 atom stereocenters. The van der Waals surface area contributed by atoms with E-state index >= 15 is 0 Å². The van der Waals surface area contributed by atoms with E-state index in [0.717, 1.165) is 12.2 Å². The van der Waals surface area contributed by atoms with Crippen LogP contribution in [0.4, 0.5) is 0 Å². The van der Waals surface area contributed by atoms with Gasteiger partial charge in [0.25, 0.3) is 0 Å². The van der Waals surface area contributed by atoms with Crippen LogP contribution in [0.3, 0.4) is 0 Å². The van der Waals surface area contributed by atoms with Crippen molar-refractivity contribution in [3.8, 4) is 0 Å². The molecule has 0 saturated heterocycles. The molecule has 0 saturated carbocycles. The number of carbonyl (C=O) groups is 1. The smallest absolute Gasteiger partial charge is 0.193 e. The molecule has 72 valence electrons. The Bertz CT molecular complexity index is 289. The van der Waals surface area contributed by atoms with Crippen LogP contribution < -0.4 is 0 Å². The molecule has 0 bridgehead atoms. The van der Waals surface area contributed by atoms with Gasteiger partial charge in [0.2, 0.25) is 0 Å². The van der Waals surface area contributed by atoms with E-state index in [2.05, 4.69) is 0 Å². The molecule has 0 aliphatic heterocycles. The van der Waals surface area contributed by atoms with Crippen LogP contribution in [0.25, 0.3) is 0 Å². The van der Waals surface area contributed by atoms with Crippen LogP contribution in [0.1, 0.15) is 17.4 Å². The van der Waals surface area contributed by atoms with Crippen molar-refractivity contribution in [2.24, 2.45) is 0 Å². The quantitative estimate of drug-likeness (QED) is 0.652. The maximum absolute atomic E-state index is 11.6. The number of aromatic nitrogens is 1. The summed E-state index contributed by atoms with van der Waals surface area (Å²) >= 11 is 0. The summed E-state index contributed by atoms with van der Waals surface area (Å²) in [6.07, 6.45) is 1.93. The first-order valence-electron chi connectivity index (χ1n) is 4.48. The molecular weight excluding hydrogens is 164 g/mol. The van der Waals surface area contributed by atoms with E-state index in [1.165, 1.54) is 0 Å². The molecule has 0 N–H and O–H groups in total. The Kier molecular flexibility index (Phi) is 3.25. The van der Waals surface area contributed by atoms with Gasteiger partial charge in [-0.15, -0.1) is 0 Å². The molecule has 0 spiro atoms. The first-order chi connectivity index (χ1) is 6.15. The number of likely N-dealkylation sites (N-methyl/N-ethyl adjacent to an activating group) is 1. The van der Waals surface area contributed by atoms with Crippen LogP contribution >= 0.6 is 0 Å². The van der Waals surface area contributed by atoms with Crippen molar-refractivity contribution < 1.29 is 4.79 Å². The number of hydrogen-bond donors (Lipinski definition) is 0. The minimum atomic E-state index is 0.178. The third-order valence-corrected chi connectivity index (χ3v) is 1.92. The van der Waals surface area contributed by atoms with Gasteiger partial charge in [-0.1, -0.05) is 0 Å². The Hall–Kier alpha value is -1.09. The van der Waals surface area contributed by atoms with Crippen molar-refractivity contribution in [3.05, 3.63) is 24.0 Å². The maximum Gasteiger partial charge on any atom is 0.193 e. The van der Waals surface area contributed by atoms with E-state index in [0.29, 0.717) is 6.54 Å². The van der Waals surface area contributed by atoms with Gasteiger partial charge < -0.3 is 9.47 Å². The zero-order valence-electron chi connectivity index (χ0n) is 8.45. The lowest BCUT2D eigenvalue weighted by Gasteiger charge is -2.09. The maximum atomic E-state index is 11.6. The van der Waals surface area contributed by atoms with E-state index in [4.69, 9.17) is 0 Å². The third-order valence-electron chi connectivity index (χ3n) is 1.92. The second kappa shape index (κ2) is 4.23. The molecule has 0 unspecified atom stereocenters. The van der Waals surface area contributed by atoms with Gasteiger partial charge in [-0.25, -0.2) is 0 Å². The lowest BCUT2D eigenvalue weighted by atomic mass is 10.3. The molecule has 1 heterocycles. The minimum absolute atomic E-state index is 0.178. The Morgan fingerprint density at radius 1 is 1.54 bits per heavy atom. The number of rotatable bonds is 4. The standard InChI is InChI=1S/C10H16N2O/c1-4-12-7-5-6-9(12)10(13)8-11(2)3/h5-7H,4,8H2,1-3H3. The fourth-order valence-electron chi connectivity index (χ4n) is 1.31. The normalized spacial score (nSPS) is 10.8. The average Bonchev–Trinajstić information content (AvgIpc) is 2.49. The SMILES string of the molecule is CCn1cccc1C(=O)CN(C)C. The van der Waals surface area contributed by atoms with Crippen LogP contribution in [0, 0.1) is 0 Å². The second-order valence-corrected chi connectivity index (χ2v) is 3.34. The van der Waals surface area contributed by atoms with Gasteiger partial charge in [0.15, 0.2) is 5.78 Å². The van der Waals surface area contributed by atoms with Gasteiger partial charge in [-0.05, 0) is 33.2 Å². The molecule has 0 aliphatic carbocycles. The Balaban J connectivity index is 2.76. The van der Waals surface area contributed by atoms with Gasteiger partial charge in [0.05, 0.1) is 12.2 Å². The average molecular weight is 180 g/mol. The summed E-state index contributed by atoms with van der Waals surface area (Å²) < 4.78 is 1.96. The summed E-state index contributed by atoms with van der Waals surface area (Å²) in [4.78, 5) is 13.5. The van der Waals surface area contributed by atoms with Crippen molar-refractivity contribution in [2.45, 2.75) is 13.5 Å². The van der Waals surface area contributed by atoms with Crippen LogP contribution in [0.15, 0.2) is 18.3 Å². The fourth-order valence-corrected chi connectivity index (χ4v) is 1.31. The Morgan fingerprint density at radius 2 is 2.23 bits per heavy atom. The van der Waals surface area contributed by atoms with Crippen molar-refractivity contribution in [1.82, 2.24) is 9.47 Å². The van der Waals surface area contributed by atoms with Crippen molar-refractivity contribution >= 4 is 5.78 Å².